The van der Waals surface area contributed by atoms with Gasteiger partial charge in [-0.25, -0.2) is 0 Å². The van der Waals surface area contributed by atoms with Crippen LogP contribution in [0.5, 0.6) is 0 Å². The van der Waals surface area contributed by atoms with Gasteiger partial charge in [0.25, 0.3) is 0 Å². The Labute approximate surface area is 121 Å². The minimum atomic E-state index is -0.694. The van der Waals surface area contributed by atoms with Gasteiger partial charge in [0.05, 0.1) is 0 Å². The molecule has 2 nitrogen and oxygen atoms in total. The molecule has 17 heavy (non-hydrogen) atoms. The predicted molar refractivity (Wildman–Crippen MR) is 74.2 cm³/mol. The van der Waals surface area contributed by atoms with Gasteiger partial charge in [-0.3, -0.25) is 0 Å². The van der Waals surface area contributed by atoms with Crippen LogP contribution in [0, 0.1) is 0 Å². The van der Waals surface area contributed by atoms with Crippen molar-refractivity contribution in [3.05, 3.63) is 55.8 Å². The largest absolute Gasteiger partial charge is 0.452 e. The Morgan fingerprint density at radius 3 is 2.59 bits per heavy atom. The second kappa shape index (κ2) is 5.57. The summed E-state index contributed by atoms with van der Waals surface area (Å²) in [5.41, 5.74) is 0.884. The summed E-state index contributed by atoms with van der Waals surface area (Å²) in [6, 6.07) is 9.07. The number of aliphatic hydroxyl groups excluding tert-OH is 1. The van der Waals surface area contributed by atoms with Gasteiger partial charge >= 0.3 is 0 Å². The van der Waals surface area contributed by atoms with Crippen LogP contribution in [-0.4, -0.2) is 5.11 Å². The lowest BCUT2D eigenvalue weighted by atomic mass is 10.1. The van der Waals surface area contributed by atoms with Crippen LogP contribution in [0.4, 0.5) is 0 Å². The summed E-state index contributed by atoms with van der Waals surface area (Å²) in [6.07, 6.45) is -0.272. The molecule has 0 radical (unpaired) electrons. The average Bonchev–Trinajstić information content (AvgIpc) is 2.69. The van der Waals surface area contributed by atoms with Gasteiger partial charge < -0.3 is 9.52 Å². The van der Waals surface area contributed by atoms with Gasteiger partial charge in [-0.1, -0.05) is 33.6 Å². The molecule has 1 atom stereocenters. The Kier molecular flexibility index (Phi) is 4.31. The summed E-state index contributed by atoms with van der Waals surface area (Å²) in [4.78, 5) is 0. The number of hydrogen-bond donors (Lipinski definition) is 1. The van der Waals surface area contributed by atoms with Crippen molar-refractivity contribution in [2.75, 3.05) is 0 Å². The molecule has 0 spiro atoms. The standard InChI is InChI=1S/C12H9Br2ClO2/c13-8-2-1-7(9(15)6-8)5-10(16)11-3-4-12(14)17-11/h1-4,6,10,16H,5H2. The molecule has 0 aliphatic carbocycles. The van der Waals surface area contributed by atoms with Gasteiger partial charge in [-0.05, 0) is 45.8 Å². The Hall–Kier alpha value is -0.290. The highest BCUT2D eigenvalue weighted by molar-refractivity contribution is 9.10. The lowest BCUT2D eigenvalue weighted by molar-refractivity contribution is 0.149. The minimum absolute atomic E-state index is 0.423. The first-order chi connectivity index (χ1) is 8.06. The highest BCUT2D eigenvalue weighted by Crippen LogP contribution is 2.28. The molecule has 90 valence electrons. The highest BCUT2D eigenvalue weighted by Gasteiger charge is 2.14. The van der Waals surface area contributed by atoms with E-state index in [1.165, 1.54) is 0 Å². The third kappa shape index (κ3) is 3.35. The monoisotopic (exact) mass is 378 g/mol. The van der Waals surface area contributed by atoms with E-state index in [0.717, 1.165) is 10.0 Å². The van der Waals surface area contributed by atoms with Gasteiger partial charge in [0.2, 0.25) is 0 Å². The van der Waals surface area contributed by atoms with Crippen molar-refractivity contribution in [3.63, 3.8) is 0 Å². The molecule has 0 bridgehead atoms. The van der Waals surface area contributed by atoms with E-state index in [9.17, 15) is 5.11 Å². The first-order valence-corrected chi connectivity index (χ1v) is 6.90. The van der Waals surface area contributed by atoms with E-state index in [1.807, 2.05) is 18.2 Å². The van der Waals surface area contributed by atoms with E-state index >= 15 is 0 Å². The smallest absolute Gasteiger partial charge is 0.169 e. The van der Waals surface area contributed by atoms with Crippen LogP contribution < -0.4 is 0 Å². The van der Waals surface area contributed by atoms with Crippen molar-refractivity contribution in [1.82, 2.24) is 0 Å². The fourth-order valence-electron chi connectivity index (χ4n) is 1.50. The molecule has 0 aliphatic rings. The second-order valence-corrected chi connectivity index (χ2v) is 5.70. The first kappa shape index (κ1) is 13.1. The molecule has 1 unspecified atom stereocenters. The average molecular weight is 380 g/mol. The van der Waals surface area contributed by atoms with Gasteiger partial charge in [-0.15, -0.1) is 0 Å². The van der Waals surface area contributed by atoms with Crippen molar-refractivity contribution < 1.29 is 9.52 Å². The normalized spacial score (nSPS) is 12.7. The molecular formula is C12H9Br2ClO2. The van der Waals surface area contributed by atoms with Crippen LogP contribution in [0.3, 0.4) is 0 Å². The summed E-state index contributed by atoms with van der Waals surface area (Å²) in [5.74, 6) is 0.524. The molecular weight excluding hydrogens is 371 g/mol. The third-order valence-electron chi connectivity index (χ3n) is 2.35. The summed E-state index contributed by atoms with van der Waals surface area (Å²) < 4.78 is 6.82. The van der Waals surface area contributed by atoms with Crippen LogP contribution in [0.1, 0.15) is 17.4 Å². The van der Waals surface area contributed by atoms with Gasteiger partial charge in [-0.2, -0.15) is 0 Å². The minimum Gasteiger partial charge on any atom is -0.452 e. The second-order valence-electron chi connectivity index (χ2n) is 3.60. The molecule has 2 rings (SSSR count). The molecule has 1 heterocycles. The van der Waals surface area contributed by atoms with Crippen LogP contribution in [0.15, 0.2) is 43.9 Å². The lowest BCUT2D eigenvalue weighted by Crippen LogP contribution is -2.00. The molecule has 0 aliphatic heterocycles. The van der Waals surface area contributed by atoms with Crippen molar-refractivity contribution in [2.45, 2.75) is 12.5 Å². The summed E-state index contributed by atoms with van der Waals surface area (Å²) in [6.45, 7) is 0. The Morgan fingerprint density at radius 2 is 2.00 bits per heavy atom. The number of hydrogen-bond acceptors (Lipinski definition) is 2. The summed E-state index contributed by atoms with van der Waals surface area (Å²) in [7, 11) is 0. The van der Waals surface area contributed by atoms with Crippen molar-refractivity contribution in [1.29, 1.82) is 0 Å². The maximum atomic E-state index is 10.00. The molecule has 1 aromatic carbocycles. The maximum Gasteiger partial charge on any atom is 0.169 e. The van der Waals surface area contributed by atoms with Crippen LogP contribution in [0.2, 0.25) is 5.02 Å². The summed E-state index contributed by atoms with van der Waals surface area (Å²) >= 11 is 12.6. The Bertz CT molecular complexity index is 525. The zero-order valence-electron chi connectivity index (χ0n) is 8.66. The molecule has 1 N–H and O–H groups in total. The quantitative estimate of drug-likeness (QED) is 0.835. The van der Waals surface area contributed by atoms with Crippen molar-refractivity contribution >= 4 is 43.5 Å². The zero-order chi connectivity index (χ0) is 12.4. The van der Waals surface area contributed by atoms with Crippen LogP contribution in [-0.2, 0) is 6.42 Å². The molecule has 0 amide bonds. The molecule has 0 saturated heterocycles. The summed E-state index contributed by atoms with van der Waals surface area (Å²) in [5, 5.41) is 10.6. The zero-order valence-corrected chi connectivity index (χ0v) is 12.6. The highest BCUT2D eigenvalue weighted by atomic mass is 79.9. The molecule has 2 aromatic rings. The number of rotatable bonds is 3. The molecule has 5 heteroatoms. The SMILES string of the molecule is OC(Cc1ccc(Br)cc1Cl)c1ccc(Br)o1. The number of halogens is 3. The Morgan fingerprint density at radius 1 is 1.24 bits per heavy atom. The van der Waals surface area contributed by atoms with Gasteiger partial charge in [0.1, 0.15) is 11.9 Å². The fraction of sp³-hybridized carbons (Fsp3) is 0.167. The maximum absolute atomic E-state index is 10.00. The van der Waals surface area contributed by atoms with E-state index in [0.29, 0.717) is 21.9 Å². The van der Waals surface area contributed by atoms with Crippen LogP contribution >= 0.6 is 43.5 Å². The van der Waals surface area contributed by atoms with Crippen molar-refractivity contribution in [3.8, 4) is 0 Å². The van der Waals surface area contributed by atoms with Gasteiger partial charge in [0, 0.05) is 15.9 Å². The fourth-order valence-corrected chi connectivity index (χ4v) is 2.57. The number of aliphatic hydroxyl groups is 1. The van der Waals surface area contributed by atoms with E-state index in [2.05, 4.69) is 31.9 Å². The number of furan rings is 1. The van der Waals surface area contributed by atoms with E-state index in [4.69, 9.17) is 16.0 Å². The Balaban J connectivity index is 2.15. The molecule has 0 fully saturated rings. The van der Waals surface area contributed by atoms with Gasteiger partial charge in [0.15, 0.2) is 4.67 Å². The topological polar surface area (TPSA) is 33.4 Å². The van der Waals surface area contributed by atoms with E-state index < -0.39 is 6.10 Å². The molecule has 1 aromatic heterocycles. The predicted octanol–water partition coefficient (Wildman–Crippen LogP) is 4.73. The van der Waals surface area contributed by atoms with E-state index in [1.54, 1.807) is 12.1 Å². The molecule has 0 saturated carbocycles. The van der Waals surface area contributed by atoms with E-state index in [-0.39, 0.29) is 0 Å². The third-order valence-corrected chi connectivity index (χ3v) is 3.62. The number of benzene rings is 1. The van der Waals surface area contributed by atoms with Crippen molar-refractivity contribution in [2.24, 2.45) is 0 Å². The lowest BCUT2D eigenvalue weighted by Gasteiger charge is -2.09. The van der Waals surface area contributed by atoms with Crippen LogP contribution in [0.25, 0.3) is 0 Å². The first-order valence-electron chi connectivity index (χ1n) is 4.93.